The van der Waals surface area contributed by atoms with Gasteiger partial charge in [0, 0.05) is 13.7 Å². The van der Waals surface area contributed by atoms with Crippen LogP contribution in [0, 0.1) is 5.92 Å². The molecule has 0 aliphatic rings. The Kier molecular flexibility index (Phi) is 6.99. The monoisotopic (exact) mass is 330 g/mol. The molecule has 0 unspecified atom stereocenters. The summed E-state index contributed by atoms with van der Waals surface area (Å²) in [6.45, 7) is 6.06. The average molecular weight is 331 g/mol. The zero-order chi connectivity index (χ0) is 16.5. The highest BCUT2D eigenvalue weighted by Gasteiger charge is 2.42. The summed E-state index contributed by atoms with van der Waals surface area (Å²) in [5, 5.41) is 2.26. The molecule has 2 rings (SSSR count). The molecule has 0 aliphatic carbocycles. The van der Waals surface area contributed by atoms with Crippen LogP contribution in [0.15, 0.2) is 60.7 Å². The molecule has 0 aliphatic heterocycles. The van der Waals surface area contributed by atoms with E-state index in [4.69, 9.17) is 13.6 Å². The molecule has 0 heterocycles. The molecule has 0 atom stereocenters. The molecule has 0 bridgehead atoms. The van der Waals surface area contributed by atoms with Gasteiger partial charge in [-0.1, -0.05) is 74.5 Å². The summed E-state index contributed by atoms with van der Waals surface area (Å²) in [5.41, 5.74) is 0. The molecule has 0 aromatic heterocycles. The Bertz CT molecular complexity index is 518. The van der Waals surface area contributed by atoms with Gasteiger partial charge in [0.05, 0.1) is 13.2 Å². The summed E-state index contributed by atoms with van der Waals surface area (Å²) in [5.74, 6) is 0.445. The summed E-state index contributed by atoms with van der Waals surface area (Å²) < 4.78 is 18.0. The van der Waals surface area contributed by atoms with Crippen LogP contribution in [0.5, 0.6) is 0 Å². The standard InChI is InChI=1S/C19H26O3Si/c1-17(2)16-22-23(21-15-14-20-3,18-10-6-4-7-11-18)19-12-8-5-9-13-19/h4-13,17H,14-16H2,1-3H3. The van der Waals surface area contributed by atoms with Gasteiger partial charge in [0.2, 0.25) is 0 Å². The number of ether oxygens (including phenoxy) is 1. The average Bonchev–Trinajstić information content (AvgIpc) is 2.59. The molecule has 0 radical (unpaired) electrons. The molecule has 2 aromatic rings. The normalized spacial score (nSPS) is 11.8. The molecule has 0 saturated heterocycles. The largest absolute Gasteiger partial charge is 0.407 e. The van der Waals surface area contributed by atoms with Crippen LogP contribution in [-0.4, -0.2) is 35.5 Å². The van der Waals surface area contributed by atoms with Gasteiger partial charge >= 0.3 is 8.56 Å². The molecular weight excluding hydrogens is 304 g/mol. The summed E-state index contributed by atoms with van der Waals surface area (Å²) >= 11 is 0. The number of hydrogen-bond donors (Lipinski definition) is 0. The molecule has 4 heteroatoms. The van der Waals surface area contributed by atoms with Crippen molar-refractivity contribution in [1.29, 1.82) is 0 Å². The van der Waals surface area contributed by atoms with E-state index < -0.39 is 8.56 Å². The molecule has 0 fully saturated rings. The lowest BCUT2D eigenvalue weighted by Crippen LogP contribution is -2.64. The van der Waals surface area contributed by atoms with Crippen LogP contribution in [0.3, 0.4) is 0 Å². The topological polar surface area (TPSA) is 27.7 Å². The highest BCUT2D eigenvalue weighted by Crippen LogP contribution is 2.12. The van der Waals surface area contributed by atoms with Gasteiger partial charge in [-0.15, -0.1) is 0 Å². The van der Waals surface area contributed by atoms with E-state index >= 15 is 0 Å². The summed E-state index contributed by atoms with van der Waals surface area (Å²) in [6, 6.07) is 20.6. The van der Waals surface area contributed by atoms with Crippen molar-refractivity contribution in [3.8, 4) is 0 Å². The lowest BCUT2D eigenvalue weighted by molar-refractivity contribution is 0.114. The zero-order valence-electron chi connectivity index (χ0n) is 14.2. The van der Waals surface area contributed by atoms with E-state index in [0.717, 1.165) is 10.4 Å². The van der Waals surface area contributed by atoms with Crippen molar-refractivity contribution in [2.45, 2.75) is 13.8 Å². The molecule has 3 nitrogen and oxygen atoms in total. The Labute approximate surface area is 140 Å². The van der Waals surface area contributed by atoms with Crippen LogP contribution in [-0.2, 0) is 13.6 Å². The van der Waals surface area contributed by atoms with E-state index in [-0.39, 0.29) is 0 Å². The minimum Gasteiger partial charge on any atom is -0.387 e. The second-order valence-electron chi connectivity index (χ2n) is 5.89. The minimum absolute atomic E-state index is 0.445. The number of benzene rings is 2. The van der Waals surface area contributed by atoms with Crippen molar-refractivity contribution >= 4 is 18.9 Å². The van der Waals surface area contributed by atoms with Gasteiger partial charge < -0.3 is 13.6 Å². The number of hydrogen-bond acceptors (Lipinski definition) is 3. The third-order valence-electron chi connectivity index (χ3n) is 3.52. The molecule has 23 heavy (non-hydrogen) atoms. The maximum absolute atomic E-state index is 6.47. The fraction of sp³-hybridized carbons (Fsp3) is 0.368. The van der Waals surface area contributed by atoms with Crippen LogP contribution in [0.1, 0.15) is 13.8 Å². The Morgan fingerprint density at radius 1 is 0.783 bits per heavy atom. The van der Waals surface area contributed by atoms with E-state index in [1.165, 1.54) is 0 Å². The van der Waals surface area contributed by atoms with Gasteiger partial charge in [-0.25, -0.2) is 0 Å². The van der Waals surface area contributed by atoms with Crippen molar-refractivity contribution < 1.29 is 13.6 Å². The zero-order valence-corrected chi connectivity index (χ0v) is 15.2. The lowest BCUT2D eigenvalue weighted by atomic mass is 10.2. The predicted molar refractivity (Wildman–Crippen MR) is 96.5 cm³/mol. The first-order valence-electron chi connectivity index (χ1n) is 8.07. The van der Waals surface area contributed by atoms with Gasteiger partial charge in [0.25, 0.3) is 0 Å². The van der Waals surface area contributed by atoms with Crippen LogP contribution in [0.25, 0.3) is 0 Å². The van der Waals surface area contributed by atoms with E-state index in [2.05, 4.69) is 38.1 Å². The fourth-order valence-electron chi connectivity index (χ4n) is 2.41. The first-order valence-corrected chi connectivity index (χ1v) is 9.88. The van der Waals surface area contributed by atoms with Crippen LogP contribution < -0.4 is 10.4 Å². The second-order valence-corrected chi connectivity index (χ2v) is 8.86. The Morgan fingerprint density at radius 2 is 1.30 bits per heavy atom. The summed E-state index contributed by atoms with van der Waals surface area (Å²) in [4.78, 5) is 0. The van der Waals surface area contributed by atoms with E-state index in [1.807, 2.05) is 36.4 Å². The maximum atomic E-state index is 6.47. The predicted octanol–water partition coefficient (Wildman–Crippen LogP) is 2.58. The Balaban J connectivity index is 2.43. The van der Waals surface area contributed by atoms with Gasteiger partial charge in [0.1, 0.15) is 0 Å². The van der Waals surface area contributed by atoms with Crippen molar-refractivity contribution in [2.24, 2.45) is 5.92 Å². The molecule has 0 spiro atoms. The maximum Gasteiger partial charge on any atom is 0.407 e. The van der Waals surface area contributed by atoms with E-state index in [0.29, 0.717) is 25.7 Å². The number of methoxy groups -OCH3 is 1. The molecule has 0 amide bonds. The van der Waals surface area contributed by atoms with Crippen molar-refractivity contribution in [2.75, 3.05) is 26.9 Å². The molecule has 124 valence electrons. The third-order valence-corrected chi connectivity index (χ3v) is 6.89. The molecule has 2 aromatic carbocycles. The fourth-order valence-corrected chi connectivity index (χ4v) is 5.69. The van der Waals surface area contributed by atoms with E-state index in [1.54, 1.807) is 7.11 Å². The highest BCUT2D eigenvalue weighted by atomic mass is 28.4. The van der Waals surface area contributed by atoms with Gasteiger partial charge in [-0.05, 0) is 16.3 Å². The van der Waals surface area contributed by atoms with Crippen molar-refractivity contribution in [3.63, 3.8) is 0 Å². The first-order chi connectivity index (χ1) is 11.2. The second kappa shape index (κ2) is 8.98. The molecule has 0 saturated carbocycles. The first kappa shape index (κ1) is 17.9. The lowest BCUT2D eigenvalue weighted by Gasteiger charge is -2.32. The summed E-state index contributed by atoms with van der Waals surface area (Å²) in [6.07, 6.45) is 0. The van der Waals surface area contributed by atoms with Crippen LogP contribution in [0.2, 0.25) is 0 Å². The van der Waals surface area contributed by atoms with Crippen LogP contribution >= 0.6 is 0 Å². The minimum atomic E-state index is -2.73. The van der Waals surface area contributed by atoms with Crippen molar-refractivity contribution in [1.82, 2.24) is 0 Å². The van der Waals surface area contributed by atoms with E-state index in [9.17, 15) is 0 Å². The van der Waals surface area contributed by atoms with Gasteiger partial charge in [-0.2, -0.15) is 0 Å². The molecule has 0 N–H and O–H groups in total. The van der Waals surface area contributed by atoms with Crippen LogP contribution in [0.4, 0.5) is 0 Å². The Morgan fingerprint density at radius 3 is 1.74 bits per heavy atom. The SMILES string of the molecule is COCCO[Si](OCC(C)C)(c1ccccc1)c1ccccc1. The third kappa shape index (κ3) is 4.75. The summed E-state index contributed by atoms with van der Waals surface area (Å²) in [7, 11) is -1.04. The van der Waals surface area contributed by atoms with Crippen molar-refractivity contribution in [3.05, 3.63) is 60.7 Å². The smallest absolute Gasteiger partial charge is 0.387 e. The number of rotatable bonds is 9. The van der Waals surface area contributed by atoms with Gasteiger partial charge in [0.15, 0.2) is 0 Å². The van der Waals surface area contributed by atoms with Gasteiger partial charge in [-0.3, -0.25) is 0 Å². The molecular formula is C19H26O3Si. The highest BCUT2D eigenvalue weighted by molar-refractivity contribution is 6.92. The Hall–Kier alpha value is -1.46. The quantitative estimate of drug-likeness (QED) is 0.522.